The molecule has 0 bridgehead atoms. The van der Waals surface area contributed by atoms with Crippen LogP contribution in [-0.4, -0.2) is 21.2 Å². The van der Waals surface area contributed by atoms with Crippen LogP contribution in [0.3, 0.4) is 0 Å². The summed E-state index contributed by atoms with van der Waals surface area (Å²) < 4.78 is 4.88. The Balaban J connectivity index is 3.39. The molecule has 0 fully saturated rings. The third kappa shape index (κ3) is 6.82. The molecule has 0 unspecified atom stereocenters. The maximum absolute atomic E-state index is 5.27. The van der Waals surface area contributed by atoms with E-state index in [9.17, 15) is 0 Å². The van der Waals surface area contributed by atoms with Crippen molar-refractivity contribution in [2.24, 2.45) is 0 Å². The molecule has 0 aromatic carbocycles. The van der Waals surface area contributed by atoms with Gasteiger partial charge in [-0.25, -0.2) is 0 Å². The Labute approximate surface area is 63.0 Å². The number of halogens is 2. The normalized spacial score (nSPS) is 11.6. The van der Waals surface area contributed by atoms with Gasteiger partial charge in [0.25, 0.3) is 0 Å². The molecule has 0 amide bonds. The van der Waals surface area contributed by atoms with Crippen molar-refractivity contribution in [3.05, 3.63) is 0 Å². The lowest BCUT2D eigenvalue weighted by Crippen LogP contribution is -2.28. The Morgan fingerprint density at radius 1 is 1.50 bits per heavy atom. The van der Waals surface area contributed by atoms with Gasteiger partial charge < -0.3 is 4.65 Å². The van der Waals surface area contributed by atoms with E-state index in [-0.39, 0.29) is 0 Å². The van der Waals surface area contributed by atoms with Crippen molar-refractivity contribution in [1.29, 1.82) is 0 Å². The third-order valence-corrected chi connectivity index (χ3v) is 0.680. The van der Waals surface area contributed by atoms with E-state index < -0.39 is 11.0 Å². The van der Waals surface area contributed by atoms with Gasteiger partial charge in [0.1, 0.15) is 0 Å². The van der Waals surface area contributed by atoms with Crippen molar-refractivity contribution >= 4 is 38.9 Å². The summed E-state index contributed by atoms with van der Waals surface area (Å²) in [6.45, 7) is 3.61. The zero-order valence-corrected chi connectivity index (χ0v) is 7.25. The highest BCUT2D eigenvalue weighted by Crippen LogP contribution is 2.09. The summed E-state index contributed by atoms with van der Waals surface area (Å²) in [5.41, 5.74) is 0. The highest BCUT2D eigenvalue weighted by molar-refractivity contribution is 7.30. The molecule has 0 aromatic heterocycles. The van der Waals surface area contributed by atoms with Gasteiger partial charge in [-0.15, -0.1) is 22.9 Å². The molecule has 8 heavy (non-hydrogen) atoms. The second kappa shape index (κ2) is 3.11. The molecular formula is C3H6BCl2OSi. The highest BCUT2D eigenvalue weighted by Gasteiger charge is 2.17. The van der Waals surface area contributed by atoms with Gasteiger partial charge in [0.15, 0.2) is 0 Å². The summed E-state index contributed by atoms with van der Waals surface area (Å²) in [5, 5.41) is -0.436. The minimum atomic E-state index is -0.762. The minimum Gasteiger partial charge on any atom is -0.408 e. The molecule has 0 aliphatic rings. The predicted octanol–water partition coefficient (Wildman–Crippen LogP) is 1.37. The fourth-order valence-electron chi connectivity index (χ4n) is 0.223. The molecule has 0 saturated carbocycles. The van der Waals surface area contributed by atoms with Crippen molar-refractivity contribution in [2.75, 3.05) is 0 Å². The second-order valence-corrected chi connectivity index (χ2v) is 4.11. The van der Waals surface area contributed by atoms with Crippen LogP contribution in [-0.2, 0) is 4.65 Å². The quantitative estimate of drug-likeness (QED) is 0.565. The van der Waals surface area contributed by atoms with Crippen LogP contribution >= 0.6 is 22.9 Å². The molecule has 0 saturated heterocycles. The zero-order valence-electron chi connectivity index (χ0n) is 4.74. The van der Waals surface area contributed by atoms with Crippen molar-refractivity contribution in [3.8, 4) is 0 Å². The standard InChI is InChI=1S/C3H6BCl2OSi/c1-3(2,8)7-4(5)6/h1-2H3. The summed E-state index contributed by atoms with van der Waals surface area (Å²) >= 11 is 10.5. The van der Waals surface area contributed by atoms with E-state index in [1.807, 2.05) is 13.8 Å². The zero-order chi connectivity index (χ0) is 6.78. The summed E-state index contributed by atoms with van der Waals surface area (Å²) in [6, 6.07) is 0. The fourth-order valence-corrected chi connectivity index (χ4v) is 0.935. The first-order valence-electron chi connectivity index (χ1n) is 2.13. The Morgan fingerprint density at radius 3 is 1.88 bits per heavy atom. The average molecular weight is 168 g/mol. The molecule has 0 spiro atoms. The average Bonchev–Trinajstić information content (AvgIpc) is 1.21. The van der Waals surface area contributed by atoms with Crippen LogP contribution in [0.4, 0.5) is 0 Å². The fraction of sp³-hybridized carbons (Fsp3) is 1.00. The van der Waals surface area contributed by atoms with E-state index in [4.69, 9.17) is 27.6 Å². The molecule has 0 rings (SSSR count). The van der Waals surface area contributed by atoms with Crippen molar-refractivity contribution in [1.82, 2.24) is 0 Å². The molecule has 45 valence electrons. The van der Waals surface area contributed by atoms with Gasteiger partial charge in [0.05, 0.1) is 10.2 Å². The van der Waals surface area contributed by atoms with Gasteiger partial charge in [-0.05, 0) is 13.8 Å². The van der Waals surface area contributed by atoms with Gasteiger partial charge >= 0.3 is 5.75 Å². The van der Waals surface area contributed by atoms with E-state index in [1.165, 1.54) is 0 Å². The van der Waals surface area contributed by atoms with Crippen LogP contribution in [0, 0.1) is 0 Å². The van der Waals surface area contributed by atoms with E-state index in [1.54, 1.807) is 0 Å². The first-order valence-corrected chi connectivity index (χ1v) is 3.50. The van der Waals surface area contributed by atoms with E-state index in [0.717, 1.165) is 0 Å². The molecule has 1 nitrogen and oxygen atoms in total. The van der Waals surface area contributed by atoms with Crippen LogP contribution in [0.1, 0.15) is 13.8 Å². The lowest BCUT2D eigenvalue weighted by atomic mass is 10.4. The second-order valence-electron chi connectivity index (χ2n) is 1.89. The van der Waals surface area contributed by atoms with E-state index in [2.05, 4.69) is 10.2 Å². The summed E-state index contributed by atoms with van der Waals surface area (Å²) in [6.07, 6.45) is 0. The largest absolute Gasteiger partial charge is 0.508 e. The summed E-state index contributed by atoms with van der Waals surface area (Å²) in [5.74, 6) is -0.762. The minimum absolute atomic E-state index is 0.436. The Morgan fingerprint density at radius 2 is 1.88 bits per heavy atom. The number of rotatable bonds is 2. The number of hydrogen-bond acceptors (Lipinski definition) is 1. The molecule has 0 aliphatic carbocycles. The molecule has 0 aliphatic heterocycles. The SMILES string of the molecule is CC(C)([Si])OB(Cl)Cl. The maximum atomic E-state index is 5.27. The molecule has 0 aromatic rings. The number of hydrogen-bond donors (Lipinski definition) is 0. The van der Waals surface area contributed by atoms with Crippen LogP contribution in [0.2, 0.25) is 0 Å². The first kappa shape index (κ1) is 8.82. The van der Waals surface area contributed by atoms with E-state index in [0.29, 0.717) is 0 Å². The first-order chi connectivity index (χ1) is 3.42. The topological polar surface area (TPSA) is 9.23 Å². The van der Waals surface area contributed by atoms with Crippen LogP contribution in [0.15, 0.2) is 0 Å². The predicted molar refractivity (Wildman–Crippen MR) is 38.4 cm³/mol. The monoisotopic (exact) mass is 167 g/mol. The van der Waals surface area contributed by atoms with Crippen LogP contribution in [0.5, 0.6) is 0 Å². The smallest absolute Gasteiger partial charge is 0.408 e. The lowest BCUT2D eigenvalue weighted by molar-refractivity contribution is 0.212. The summed E-state index contributed by atoms with van der Waals surface area (Å²) in [4.78, 5) is 0. The summed E-state index contributed by atoms with van der Waals surface area (Å²) in [7, 11) is 3.24. The van der Waals surface area contributed by atoms with Crippen LogP contribution in [0.25, 0.3) is 0 Å². The molecular weight excluding hydrogens is 162 g/mol. The van der Waals surface area contributed by atoms with Gasteiger partial charge in [0, 0.05) is 5.22 Å². The van der Waals surface area contributed by atoms with E-state index >= 15 is 0 Å². The van der Waals surface area contributed by atoms with Crippen molar-refractivity contribution < 1.29 is 4.65 Å². The Bertz CT molecular complexity index is 72.2. The van der Waals surface area contributed by atoms with Crippen molar-refractivity contribution in [2.45, 2.75) is 19.1 Å². The lowest BCUT2D eigenvalue weighted by Gasteiger charge is -2.18. The molecule has 3 radical (unpaired) electrons. The van der Waals surface area contributed by atoms with Gasteiger partial charge in [-0.1, -0.05) is 0 Å². The van der Waals surface area contributed by atoms with Crippen LogP contribution < -0.4 is 0 Å². The Kier molecular flexibility index (Phi) is 3.43. The maximum Gasteiger partial charge on any atom is 0.508 e. The van der Waals surface area contributed by atoms with Gasteiger partial charge in [0.2, 0.25) is 0 Å². The molecule has 0 atom stereocenters. The third-order valence-electron chi connectivity index (χ3n) is 0.384. The van der Waals surface area contributed by atoms with Gasteiger partial charge in [-0.3, -0.25) is 0 Å². The molecule has 0 heterocycles. The van der Waals surface area contributed by atoms with Gasteiger partial charge in [-0.2, -0.15) is 0 Å². The molecule has 5 heteroatoms. The highest BCUT2D eigenvalue weighted by atomic mass is 35.5. The Hall–Kier alpha value is 0.822. The van der Waals surface area contributed by atoms with Crippen molar-refractivity contribution in [3.63, 3.8) is 0 Å². The molecule has 0 N–H and O–H groups in total.